The first-order chi connectivity index (χ1) is 12.1. The van der Waals surface area contributed by atoms with E-state index >= 15 is 0 Å². The second-order valence-electron chi connectivity index (χ2n) is 5.30. The van der Waals surface area contributed by atoms with Crippen molar-refractivity contribution in [3.63, 3.8) is 0 Å². The lowest BCUT2D eigenvalue weighted by atomic mass is 10.1. The smallest absolute Gasteiger partial charge is 0.257 e. The molecule has 0 heterocycles. The van der Waals surface area contributed by atoms with E-state index < -0.39 is 0 Å². The summed E-state index contributed by atoms with van der Waals surface area (Å²) in [6.07, 6.45) is 0. The molecule has 3 aromatic carbocycles. The van der Waals surface area contributed by atoms with E-state index in [1.54, 1.807) is 54.6 Å². The van der Waals surface area contributed by atoms with E-state index in [0.717, 1.165) is 4.47 Å². The minimum atomic E-state index is -0.295. The summed E-state index contributed by atoms with van der Waals surface area (Å²) in [5.41, 5.74) is 2.05. The van der Waals surface area contributed by atoms with E-state index in [2.05, 4.69) is 26.6 Å². The van der Waals surface area contributed by atoms with Crippen molar-refractivity contribution >= 4 is 39.1 Å². The van der Waals surface area contributed by atoms with Gasteiger partial charge in [0.25, 0.3) is 11.8 Å². The predicted octanol–water partition coefficient (Wildman–Crippen LogP) is 4.95. The maximum atomic E-state index is 12.6. The Labute approximate surface area is 154 Å². The molecule has 0 radical (unpaired) electrons. The highest BCUT2D eigenvalue weighted by Gasteiger charge is 2.14. The normalized spacial score (nSPS) is 10.1. The molecule has 4 nitrogen and oxygen atoms in total. The number of hydrogen-bond acceptors (Lipinski definition) is 2. The number of carbonyl (C=O) groups excluding carboxylic acids is 2. The van der Waals surface area contributed by atoms with E-state index in [9.17, 15) is 9.59 Å². The fraction of sp³-hybridized carbons (Fsp3) is 0. The quantitative estimate of drug-likeness (QED) is 0.657. The van der Waals surface area contributed by atoms with Gasteiger partial charge in [0, 0.05) is 10.0 Å². The molecule has 0 atom stereocenters. The molecular weight excluding hydrogens is 380 g/mol. The number of nitrogens with one attached hydrogen (secondary N) is 2. The highest BCUT2D eigenvalue weighted by atomic mass is 79.9. The average molecular weight is 395 g/mol. The molecule has 0 fully saturated rings. The Kier molecular flexibility index (Phi) is 5.26. The Morgan fingerprint density at radius 1 is 0.640 bits per heavy atom. The maximum absolute atomic E-state index is 12.6. The van der Waals surface area contributed by atoms with E-state index in [4.69, 9.17) is 0 Å². The van der Waals surface area contributed by atoms with Crippen LogP contribution in [-0.4, -0.2) is 11.8 Å². The number of rotatable bonds is 4. The first-order valence-corrected chi connectivity index (χ1v) is 8.46. The Bertz CT molecular complexity index is 910. The summed E-state index contributed by atoms with van der Waals surface area (Å²) in [5.74, 6) is -0.558. The van der Waals surface area contributed by atoms with Gasteiger partial charge in [0.2, 0.25) is 0 Å². The zero-order valence-electron chi connectivity index (χ0n) is 13.2. The fourth-order valence-corrected chi connectivity index (χ4v) is 2.71. The summed E-state index contributed by atoms with van der Waals surface area (Å²) in [6, 6.07) is 23.1. The molecule has 3 aromatic rings. The van der Waals surface area contributed by atoms with Crippen LogP contribution in [0.25, 0.3) is 0 Å². The van der Waals surface area contributed by atoms with Crippen molar-refractivity contribution in [3.8, 4) is 0 Å². The predicted molar refractivity (Wildman–Crippen MR) is 103 cm³/mol. The molecule has 0 saturated carbocycles. The molecule has 2 N–H and O–H groups in total. The second kappa shape index (κ2) is 7.77. The van der Waals surface area contributed by atoms with Gasteiger partial charge in [0.15, 0.2) is 0 Å². The van der Waals surface area contributed by atoms with Crippen LogP contribution in [0.5, 0.6) is 0 Å². The van der Waals surface area contributed by atoms with Gasteiger partial charge in [-0.15, -0.1) is 0 Å². The fourth-order valence-electron chi connectivity index (χ4n) is 2.33. The molecule has 25 heavy (non-hydrogen) atoms. The molecule has 0 spiro atoms. The average Bonchev–Trinajstić information content (AvgIpc) is 2.64. The molecule has 0 aliphatic carbocycles. The van der Waals surface area contributed by atoms with Gasteiger partial charge in [0.05, 0.1) is 16.9 Å². The summed E-state index contributed by atoms with van der Waals surface area (Å²) in [4.78, 5) is 25.0. The monoisotopic (exact) mass is 394 g/mol. The maximum Gasteiger partial charge on any atom is 0.257 e. The third kappa shape index (κ3) is 4.14. The Morgan fingerprint density at radius 2 is 1.20 bits per heavy atom. The molecule has 0 unspecified atom stereocenters. The Morgan fingerprint density at radius 3 is 1.92 bits per heavy atom. The lowest BCUT2D eigenvalue weighted by Crippen LogP contribution is -2.18. The lowest BCUT2D eigenvalue weighted by molar-refractivity contribution is 0.102. The van der Waals surface area contributed by atoms with Gasteiger partial charge in [-0.05, 0) is 52.3 Å². The van der Waals surface area contributed by atoms with Crippen LogP contribution in [0.4, 0.5) is 11.4 Å². The molecular formula is C20H15BrN2O2. The summed E-state index contributed by atoms with van der Waals surface area (Å²) >= 11 is 3.40. The van der Waals surface area contributed by atoms with Crippen molar-refractivity contribution in [2.75, 3.05) is 10.6 Å². The number of carbonyl (C=O) groups is 2. The molecule has 2 amide bonds. The number of para-hydroxylation sites is 2. The van der Waals surface area contributed by atoms with Gasteiger partial charge in [-0.2, -0.15) is 0 Å². The molecule has 0 bridgehead atoms. The number of anilines is 2. The lowest BCUT2D eigenvalue weighted by Gasteiger charge is -2.12. The molecule has 0 aliphatic rings. The van der Waals surface area contributed by atoms with E-state index in [0.29, 0.717) is 22.5 Å². The van der Waals surface area contributed by atoms with Crippen LogP contribution < -0.4 is 10.6 Å². The van der Waals surface area contributed by atoms with Crippen molar-refractivity contribution in [2.24, 2.45) is 0 Å². The van der Waals surface area contributed by atoms with Crippen LogP contribution in [0.3, 0.4) is 0 Å². The SMILES string of the molecule is O=C(Nc1ccccc1C(=O)Nc1ccccc1Br)c1ccccc1. The summed E-state index contributed by atoms with van der Waals surface area (Å²) in [7, 11) is 0. The number of benzene rings is 3. The van der Waals surface area contributed by atoms with Crippen LogP contribution in [-0.2, 0) is 0 Å². The highest BCUT2D eigenvalue weighted by molar-refractivity contribution is 9.10. The van der Waals surface area contributed by atoms with Crippen LogP contribution >= 0.6 is 15.9 Å². The van der Waals surface area contributed by atoms with E-state index in [1.165, 1.54) is 0 Å². The van der Waals surface area contributed by atoms with Crippen LogP contribution in [0, 0.1) is 0 Å². The number of hydrogen-bond donors (Lipinski definition) is 2. The summed E-state index contributed by atoms with van der Waals surface area (Å²) < 4.78 is 0.786. The largest absolute Gasteiger partial charge is 0.321 e. The number of amides is 2. The third-order valence-electron chi connectivity index (χ3n) is 3.58. The van der Waals surface area contributed by atoms with E-state index in [-0.39, 0.29) is 11.8 Å². The Hall–Kier alpha value is -2.92. The van der Waals surface area contributed by atoms with Gasteiger partial charge >= 0.3 is 0 Å². The van der Waals surface area contributed by atoms with Crippen molar-refractivity contribution in [1.29, 1.82) is 0 Å². The van der Waals surface area contributed by atoms with Gasteiger partial charge < -0.3 is 10.6 Å². The molecule has 0 aromatic heterocycles. The van der Waals surface area contributed by atoms with Crippen molar-refractivity contribution in [3.05, 3.63) is 94.5 Å². The zero-order chi connectivity index (χ0) is 17.6. The summed E-state index contributed by atoms with van der Waals surface area (Å²) in [6.45, 7) is 0. The molecule has 0 aliphatic heterocycles. The molecule has 5 heteroatoms. The van der Waals surface area contributed by atoms with Crippen molar-refractivity contribution in [2.45, 2.75) is 0 Å². The first-order valence-electron chi connectivity index (χ1n) is 7.66. The van der Waals surface area contributed by atoms with Crippen molar-refractivity contribution < 1.29 is 9.59 Å². The van der Waals surface area contributed by atoms with E-state index in [1.807, 2.05) is 24.3 Å². The van der Waals surface area contributed by atoms with Crippen LogP contribution in [0.2, 0.25) is 0 Å². The summed E-state index contributed by atoms with van der Waals surface area (Å²) in [5, 5.41) is 5.64. The van der Waals surface area contributed by atoms with Gasteiger partial charge in [-0.3, -0.25) is 9.59 Å². The molecule has 124 valence electrons. The van der Waals surface area contributed by atoms with Crippen LogP contribution in [0.15, 0.2) is 83.3 Å². The number of halogens is 1. The van der Waals surface area contributed by atoms with Crippen LogP contribution in [0.1, 0.15) is 20.7 Å². The minimum Gasteiger partial charge on any atom is -0.321 e. The Balaban J connectivity index is 1.82. The zero-order valence-corrected chi connectivity index (χ0v) is 14.8. The molecule has 0 saturated heterocycles. The second-order valence-corrected chi connectivity index (χ2v) is 6.15. The van der Waals surface area contributed by atoms with Gasteiger partial charge in [-0.25, -0.2) is 0 Å². The standard InChI is InChI=1S/C20H15BrN2O2/c21-16-11-5-7-13-18(16)23-20(25)15-10-4-6-12-17(15)22-19(24)14-8-2-1-3-9-14/h1-13H,(H,22,24)(H,23,25). The first kappa shape index (κ1) is 16.9. The van der Waals surface area contributed by atoms with Gasteiger partial charge in [0.1, 0.15) is 0 Å². The minimum absolute atomic E-state index is 0.262. The van der Waals surface area contributed by atoms with Gasteiger partial charge in [-0.1, -0.05) is 42.5 Å². The van der Waals surface area contributed by atoms with Crippen molar-refractivity contribution in [1.82, 2.24) is 0 Å². The third-order valence-corrected chi connectivity index (χ3v) is 4.27. The molecule has 3 rings (SSSR count). The highest BCUT2D eigenvalue weighted by Crippen LogP contribution is 2.23. The topological polar surface area (TPSA) is 58.2 Å².